The van der Waals surface area contributed by atoms with Crippen molar-refractivity contribution in [2.24, 2.45) is 5.41 Å². The van der Waals surface area contributed by atoms with Crippen molar-refractivity contribution in [3.8, 4) is 0 Å². The van der Waals surface area contributed by atoms with E-state index in [0.717, 1.165) is 5.41 Å². The lowest BCUT2D eigenvalue weighted by molar-refractivity contribution is 0.336. The number of hydrogen-bond acceptors (Lipinski definition) is 1. The Bertz CT molecular complexity index is 84.3. The molecule has 0 unspecified atom stereocenters. The molecule has 10 heavy (non-hydrogen) atoms. The fourth-order valence-electron chi connectivity index (χ4n) is 2.35. The Morgan fingerprint density at radius 3 is 2.20 bits per heavy atom. The second-order valence-corrected chi connectivity index (χ2v) is 3.63. The maximum atomic E-state index is 3.46. The van der Waals surface area contributed by atoms with Gasteiger partial charge in [-0.15, -0.1) is 17.0 Å². The maximum Gasteiger partial charge on any atom is 0.000829 e. The van der Waals surface area contributed by atoms with Gasteiger partial charge >= 0.3 is 0 Å². The van der Waals surface area contributed by atoms with Crippen molar-refractivity contribution in [1.82, 2.24) is 5.32 Å². The number of nitrogens with one attached hydrogen (secondary N) is 1. The van der Waals surface area contributed by atoms with E-state index in [9.17, 15) is 0 Å². The molecule has 0 radical (unpaired) electrons. The molecular weight excluding hydrogens is 190 g/mol. The van der Waals surface area contributed by atoms with Crippen LogP contribution in [-0.4, -0.2) is 13.1 Å². The van der Waals surface area contributed by atoms with Gasteiger partial charge in [-0.2, -0.15) is 0 Å². The molecule has 1 N–H and O–H groups in total. The summed E-state index contributed by atoms with van der Waals surface area (Å²) in [5.41, 5.74) is 0.778. The molecule has 0 bridgehead atoms. The van der Waals surface area contributed by atoms with Gasteiger partial charge in [0.15, 0.2) is 0 Å². The predicted octanol–water partition coefficient (Wildman–Crippen LogP) is 2.12. The molecule has 2 heteroatoms. The van der Waals surface area contributed by atoms with Crippen molar-refractivity contribution in [1.29, 1.82) is 0 Å². The van der Waals surface area contributed by atoms with Crippen LogP contribution >= 0.6 is 17.0 Å². The maximum absolute atomic E-state index is 3.46. The zero-order chi connectivity index (χ0) is 6.16. The minimum atomic E-state index is 0. The van der Waals surface area contributed by atoms with Crippen LogP contribution in [0.3, 0.4) is 0 Å². The molecule has 1 nitrogen and oxygen atoms in total. The largest absolute Gasteiger partial charge is 0.316 e. The minimum absolute atomic E-state index is 0. The summed E-state index contributed by atoms with van der Waals surface area (Å²) in [4.78, 5) is 0. The summed E-state index contributed by atoms with van der Waals surface area (Å²) in [5, 5.41) is 3.46. The average molecular weight is 206 g/mol. The minimum Gasteiger partial charge on any atom is -0.316 e. The molecular formula is C8H16BrN. The molecule has 1 saturated carbocycles. The van der Waals surface area contributed by atoms with Gasteiger partial charge in [-0.25, -0.2) is 0 Å². The highest BCUT2D eigenvalue weighted by Crippen LogP contribution is 2.42. The van der Waals surface area contributed by atoms with Gasteiger partial charge < -0.3 is 5.32 Å². The van der Waals surface area contributed by atoms with E-state index >= 15 is 0 Å². The fraction of sp³-hybridized carbons (Fsp3) is 1.00. The predicted molar refractivity (Wildman–Crippen MR) is 48.7 cm³/mol. The van der Waals surface area contributed by atoms with Crippen molar-refractivity contribution in [3.05, 3.63) is 0 Å². The molecule has 0 aromatic carbocycles. The van der Waals surface area contributed by atoms with Crippen LogP contribution in [0.2, 0.25) is 0 Å². The van der Waals surface area contributed by atoms with Crippen LogP contribution in [0.5, 0.6) is 0 Å². The van der Waals surface area contributed by atoms with E-state index < -0.39 is 0 Å². The first-order valence-electron chi connectivity index (χ1n) is 4.12. The highest BCUT2D eigenvalue weighted by molar-refractivity contribution is 8.93. The normalized spacial score (nSPS) is 28.8. The third-order valence-electron chi connectivity index (χ3n) is 3.00. The number of rotatable bonds is 0. The molecule has 1 aliphatic heterocycles. The lowest BCUT2D eigenvalue weighted by atomic mass is 9.86. The van der Waals surface area contributed by atoms with Gasteiger partial charge in [-0.3, -0.25) is 0 Å². The van der Waals surface area contributed by atoms with E-state index in [1.165, 1.54) is 45.2 Å². The van der Waals surface area contributed by atoms with Gasteiger partial charge in [0, 0.05) is 6.54 Å². The summed E-state index contributed by atoms with van der Waals surface area (Å²) < 4.78 is 0. The molecule has 1 heterocycles. The standard InChI is InChI=1S/C8H15N.BrH/c1-2-4-8(3-1)5-6-9-7-8;/h9H,1-7H2;1H. The molecule has 2 fully saturated rings. The summed E-state index contributed by atoms with van der Waals surface area (Å²) in [6.45, 7) is 2.59. The number of halogens is 1. The Balaban J connectivity index is 0.000000500. The van der Waals surface area contributed by atoms with Gasteiger partial charge in [0.2, 0.25) is 0 Å². The van der Waals surface area contributed by atoms with E-state index in [1.54, 1.807) is 0 Å². The van der Waals surface area contributed by atoms with Crippen LogP contribution in [0.25, 0.3) is 0 Å². The highest BCUT2D eigenvalue weighted by atomic mass is 79.9. The molecule has 1 spiro atoms. The van der Waals surface area contributed by atoms with Gasteiger partial charge in [0.05, 0.1) is 0 Å². The Morgan fingerprint density at radius 1 is 1.00 bits per heavy atom. The lowest BCUT2D eigenvalue weighted by Gasteiger charge is -2.19. The molecule has 1 aliphatic carbocycles. The SMILES string of the molecule is Br.C1CCC2(C1)CCNC2. The highest BCUT2D eigenvalue weighted by Gasteiger charge is 2.35. The zero-order valence-corrected chi connectivity index (χ0v) is 8.07. The summed E-state index contributed by atoms with van der Waals surface area (Å²) in [5.74, 6) is 0. The Kier molecular flexibility index (Phi) is 2.75. The molecule has 2 aliphatic rings. The van der Waals surface area contributed by atoms with Crippen LogP contribution in [0.15, 0.2) is 0 Å². The summed E-state index contributed by atoms with van der Waals surface area (Å²) in [6.07, 6.45) is 7.43. The van der Waals surface area contributed by atoms with E-state index in [-0.39, 0.29) is 17.0 Å². The molecule has 60 valence electrons. The Hall–Kier alpha value is 0.440. The van der Waals surface area contributed by atoms with E-state index in [1.807, 2.05) is 0 Å². The summed E-state index contributed by atoms with van der Waals surface area (Å²) in [6, 6.07) is 0. The van der Waals surface area contributed by atoms with Crippen molar-refractivity contribution >= 4 is 17.0 Å². The van der Waals surface area contributed by atoms with Crippen molar-refractivity contribution in [2.45, 2.75) is 32.1 Å². The number of hydrogen-bond donors (Lipinski definition) is 1. The van der Waals surface area contributed by atoms with E-state index in [0.29, 0.717) is 0 Å². The van der Waals surface area contributed by atoms with Gasteiger partial charge in [0.1, 0.15) is 0 Å². The summed E-state index contributed by atoms with van der Waals surface area (Å²) >= 11 is 0. The zero-order valence-electron chi connectivity index (χ0n) is 6.36. The monoisotopic (exact) mass is 205 g/mol. The first-order chi connectivity index (χ1) is 4.41. The van der Waals surface area contributed by atoms with Crippen molar-refractivity contribution < 1.29 is 0 Å². The Morgan fingerprint density at radius 2 is 1.70 bits per heavy atom. The van der Waals surface area contributed by atoms with Crippen LogP contribution in [0.4, 0.5) is 0 Å². The van der Waals surface area contributed by atoms with Crippen LogP contribution < -0.4 is 5.32 Å². The second-order valence-electron chi connectivity index (χ2n) is 3.63. The van der Waals surface area contributed by atoms with E-state index in [2.05, 4.69) is 5.32 Å². The topological polar surface area (TPSA) is 12.0 Å². The van der Waals surface area contributed by atoms with Crippen LogP contribution in [0, 0.1) is 5.41 Å². The van der Waals surface area contributed by atoms with Crippen molar-refractivity contribution in [2.75, 3.05) is 13.1 Å². The smallest absolute Gasteiger partial charge is 0.000829 e. The average Bonchev–Trinajstić information content (AvgIpc) is 2.45. The first kappa shape index (κ1) is 8.54. The molecule has 2 rings (SSSR count). The molecule has 0 atom stereocenters. The molecule has 0 aromatic rings. The quantitative estimate of drug-likeness (QED) is 0.640. The van der Waals surface area contributed by atoms with Gasteiger partial charge in [-0.1, -0.05) is 12.8 Å². The molecule has 0 aromatic heterocycles. The van der Waals surface area contributed by atoms with Gasteiger partial charge in [-0.05, 0) is 31.2 Å². The van der Waals surface area contributed by atoms with Gasteiger partial charge in [0.25, 0.3) is 0 Å². The van der Waals surface area contributed by atoms with Crippen LogP contribution in [-0.2, 0) is 0 Å². The lowest BCUT2D eigenvalue weighted by Crippen LogP contribution is -2.19. The Labute approximate surface area is 73.3 Å². The van der Waals surface area contributed by atoms with E-state index in [4.69, 9.17) is 0 Å². The van der Waals surface area contributed by atoms with Crippen LogP contribution in [0.1, 0.15) is 32.1 Å². The summed E-state index contributed by atoms with van der Waals surface area (Å²) in [7, 11) is 0. The van der Waals surface area contributed by atoms with Crippen molar-refractivity contribution in [3.63, 3.8) is 0 Å². The third kappa shape index (κ3) is 1.37. The second kappa shape index (κ2) is 3.22. The first-order valence-corrected chi connectivity index (χ1v) is 4.12. The third-order valence-corrected chi connectivity index (χ3v) is 3.00. The fourth-order valence-corrected chi connectivity index (χ4v) is 2.35. The molecule has 0 amide bonds. The molecule has 1 saturated heterocycles.